The fourth-order valence-electron chi connectivity index (χ4n) is 6.53. The topological polar surface area (TPSA) is 339 Å². The fraction of sp³-hybridized carbons (Fsp3) is 0.545. The molecule has 0 amide bonds. The smallest absolute Gasteiger partial charge is 0.229 e. The molecule has 3 fully saturated rings. The molecule has 0 bridgehead atoms. The zero-order chi connectivity index (χ0) is 38.6. The summed E-state index contributed by atoms with van der Waals surface area (Å²) in [6.45, 7) is -0.431. The number of benzene rings is 2. The Labute approximate surface area is 298 Å². The van der Waals surface area contributed by atoms with Gasteiger partial charge in [0.15, 0.2) is 29.3 Å². The summed E-state index contributed by atoms with van der Waals surface area (Å²) in [5, 5.41) is 136. The number of hydrogen-bond acceptors (Lipinski definition) is 20. The van der Waals surface area contributed by atoms with Crippen molar-refractivity contribution in [2.45, 2.75) is 98.9 Å². The first kappa shape index (κ1) is 39.0. The van der Waals surface area contributed by atoms with E-state index in [1.807, 2.05) is 0 Å². The van der Waals surface area contributed by atoms with E-state index in [1.54, 1.807) is 0 Å². The molecule has 292 valence electrons. The van der Waals surface area contributed by atoms with Gasteiger partial charge in [0, 0.05) is 17.7 Å². The molecule has 2 aromatic carbocycles. The summed E-state index contributed by atoms with van der Waals surface area (Å²) in [6.07, 6.45) is -26.6. The van der Waals surface area contributed by atoms with Gasteiger partial charge in [-0.25, -0.2) is 0 Å². The molecule has 20 nitrogen and oxygen atoms in total. The highest BCUT2D eigenvalue weighted by molar-refractivity contribution is 5.88. The van der Waals surface area contributed by atoms with Crippen LogP contribution in [0.2, 0.25) is 0 Å². The van der Waals surface area contributed by atoms with Gasteiger partial charge in [-0.2, -0.15) is 0 Å². The minimum atomic E-state index is -2.05. The summed E-state index contributed by atoms with van der Waals surface area (Å²) in [5.41, 5.74) is -1.79. The molecule has 0 unspecified atom stereocenters. The van der Waals surface area contributed by atoms with Gasteiger partial charge in [0.2, 0.25) is 6.29 Å². The second-order valence-corrected chi connectivity index (χ2v) is 13.0. The van der Waals surface area contributed by atoms with Crippen molar-refractivity contribution in [1.82, 2.24) is 0 Å². The molecular formula is C33H40O20. The third-order valence-electron chi connectivity index (χ3n) is 9.60. The predicted molar refractivity (Wildman–Crippen MR) is 171 cm³/mol. The number of hydrogen-bond donors (Lipinski definition) is 13. The molecule has 3 saturated heterocycles. The SMILES string of the molecule is C[C@@H]1O[C@@H](O[C@H]2[C@H](Oc3cc4oc(-c5ccc(O)c(O)c5)cc(=O)c4c(O)c3[C@@H]3O[C@H](CO)[C@@H](O)[C@H](O)[C@H]3O)O[C@H](CO)[C@@H](O)[C@@H]2O)[C@H](O)[C@H](O)[C@H]1O. The Balaban J connectivity index is 1.50. The van der Waals surface area contributed by atoms with E-state index in [1.165, 1.54) is 13.0 Å². The van der Waals surface area contributed by atoms with Crippen LogP contribution in [0.15, 0.2) is 39.5 Å². The Morgan fingerprint density at radius 1 is 0.679 bits per heavy atom. The molecule has 3 aliphatic heterocycles. The van der Waals surface area contributed by atoms with E-state index in [9.17, 15) is 71.2 Å². The van der Waals surface area contributed by atoms with E-state index in [0.29, 0.717) is 0 Å². The lowest BCUT2D eigenvalue weighted by Crippen LogP contribution is -2.64. The maximum atomic E-state index is 13.5. The molecule has 1 aromatic heterocycles. The lowest BCUT2D eigenvalue weighted by molar-refractivity contribution is -0.354. The van der Waals surface area contributed by atoms with Crippen LogP contribution in [0.3, 0.4) is 0 Å². The molecule has 13 N–H and O–H groups in total. The average Bonchev–Trinajstić information content (AvgIpc) is 3.13. The van der Waals surface area contributed by atoms with E-state index in [0.717, 1.165) is 24.3 Å². The second kappa shape index (κ2) is 15.2. The van der Waals surface area contributed by atoms with Crippen LogP contribution in [0.25, 0.3) is 22.3 Å². The molecule has 0 aliphatic carbocycles. The van der Waals surface area contributed by atoms with E-state index in [4.69, 9.17) is 28.1 Å². The molecule has 6 rings (SSSR count). The Morgan fingerprint density at radius 3 is 1.98 bits per heavy atom. The summed E-state index contributed by atoms with van der Waals surface area (Å²) in [5.74, 6) is -2.76. The maximum absolute atomic E-state index is 13.5. The number of aliphatic hydroxyl groups excluding tert-OH is 10. The summed E-state index contributed by atoms with van der Waals surface area (Å²) in [7, 11) is 0. The molecule has 3 aliphatic rings. The summed E-state index contributed by atoms with van der Waals surface area (Å²) in [6, 6.07) is 5.43. The molecule has 0 saturated carbocycles. The number of fused-ring (bicyclic) bond motifs is 1. The Kier molecular flexibility index (Phi) is 11.2. The van der Waals surface area contributed by atoms with Crippen molar-refractivity contribution in [3.05, 3.63) is 46.1 Å². The van der Waals surface area contributed by atoms with Crippen LogP contribution in [0.5, 0.6) is 23.0 Å². The van der Waals surface area contributed by atoms with Gasteiger partial charge in [0.05, 0.1) is 24.9 Å². The Hall–Kier alpha value is -3.71. The third-order valence-corrected chi connectivity index (χ3v) is 9.60. The normalized spacial score (nSPS) is 37.8. The van der Waals surface area contributed by atoms with Crippen LogP contribution >= 0.6 is 0 Å². The first-order valence-corrected chi connectivity index (χ1v) is 16.4. The van der Waals surface area contributed by atoms with Crippen molar-refractivity contribution in [3.63, 3.8) is 0 Å². The van der Waals surface area contributed by atoms with Gasteiger partial charge in [0.1, 0.15) is 95.4 Å². The van der Waals surface area contributed by atoms with Gasteiger partial charge in [0.25, 0.3) is 0 Å². The highest BCUT2D eigenvalue weighted by Crippen LogP contribution is 2.46. The maximum Gasteiger partial charge on any atom is 0.229 e. The van der Waals surface area contributed by atoms with E-state index in [2.05, 4.69) is 0 Å². The molecular weight excluding hydrogens is 716 g/mol. The largest absolute Gasteiger partial charge is 0.506 e. The van der Waals surface area contributed by atoms with Crippen LogP contribution in [0.4, 0.5) is 0 Å². The van der Waals surface area contributed by atoms with Gasteiger partial charge in [-0.05, 0) is 25.1 Å². The lowest BCUT2D eigenvalue weighted by atomic mass is 9.89. The van der Waals surface area contributed by atoms with Gasteiger partial charge < -0.3 is 94.5 Å². The summed E-state index contributed by atoms with van der Waals surface area (Å²) in [4.78, 5) is 13.5. The zero-order valence-corrected chi connectivity index (χ0v) is 27.6. The van der Waals surface area contributed by atoms with Crippen molar-refractivity contribution in [3.8, 4) is 34.3 Å². The van der Waals surface area contributed by atoms with Crippen LogP contribution in [0, 0.1) is 0 Å². The Bertz CT molecular complexity index is 1830. The zero-order valence-electron chi connectivity index (χ0n) is 27.6. The number of rotatable bonds is 8. The Morgan fingerprint density at radius 2 is 1.32 bits per heavy atom. The van der Waals surface area contributed by atoms with Crippen molar-refractivity contribution >= 4 is 11.0 Å². The average molecular weight is 757 g/mol. The molecule has 15 atom stereocenters. The van der Waals surface area contributed by atoms with E-state index < -0.39 is 150 Å². The van der Waals surface area contributed by atoms with Crippen molar-refractivity contribution in [1.29, 1.82) is 0 Å². The predicted octanol–water partition coefficient (Wildman–Crippen LogP) is -3.88. The summed E-state index contributed by atoms with van der Waals surface area (Å²) >= 11 is 0. The quantitative estimate of drug-likeness (QED) is 0.0978. The minimum absolute atomic E-state index is 0.0961. The number of phenolic OH excluding ortho intramolecular Hbond substituents is 3. The van der Waals surface area contributed by atoms with Gasteiger partial charge in [-0.3, -0.25) is 4.79 Å². The van der Waals surface area contributed by atoms with Crippen LogP contribution in [-0.2, 0) is 18.9 Å². The molecule has 53 heavy (non-hydrogen) atoms. The van der Waals surface area contributed by atoms with E-state index in [-0.39, 0.29) is 11.3 Å². The molecule has 0 radical (unpaired) electrons. The van der Waals surface area contributed by atoms with Crippen LogP contribution in [-0.4, -0.2) is 165 Å². The molecule has 3 aromatic rings. The van der Waals surface area contributed by atoms with Gasteiger partial charge in [-0.15, -0.1) is 0 Å². The molecule has 4 heterocycles. The lowest BCUT2D eigenvalue weighted by Gasteiger charge is -2.46. The number of aromatic hydroxyl groups is 3. The number of aliphatic hydroxyl groups is 10. The molecule has 0 spiro atoms. The van der Waals surface area contributed by atoms with Crippen LogP contribution < -0.4 is 10.2 Å². The van der Waals surface area contributed by atoms with Crippen molar-refractivity contribution in [2.24, 2.45) is 0 Å². The van der Waals surface area contributed by atoms with Gasteiger partial charge >= 0.3 is 0 Å². The second-order valence-electron chi connectivity index (χ2n) is 13.0. The fourth-order valence-corrected chi connectivity index (χ4v) is 6.53. The van der Waals surface area contributed by atoms with Crippen molar-refractivity contribution in [2.75, 3.05) is 13.2 Å². The monoisotopic (exact) mass is 756 g/mol. The highest BCUT2D eigenvalue weighted by Gasteiger charge is 2.52. The number of ether oxygens (including phenoxy) is 5. The first-order valence-electron chi connectivity index (χ1n) is 16.4. The van der Waals surface area contributed by atoms with E-state index >= 15 is 0 Å². The van der Waals surface area contributed by atoms with Gasteiger partial charge in [-0.1, -0.05) is 0 Å². The van der Waals surface area contributed by atoms with Crippen LogP contribution in [0.1, 0.15) is 18.6 Å². The highest BCUT2D eigenvalue weighted by atomic mass is 16.8. The minimum Gasteiger partial charge on any atom is -0.506 e. The summed E-state index contributed by atoms with van der Waals surface area (Å²) < 4.78 is 34.6. The number of phenols is 3. The van der Waals surface area contributed by atoms with Crippen molar-refractivity contribution < 1.29 is 94.5 Å². The first-order chi connectivity index (χ1) is 25.1. The third kappa shape index (κ3) is 7.03. The standard InChI is InChI=1S/C33H40O20/c1-9-21(39)25(43)29(47)32(48-9)53-31-27(45)23(41)18(8-35)52-33(31)51-16-6-15-19(13(38)5-14(49-15)10-2-3-11(36)12(37)4-10)24(42)20(16)30-28(46)26(44)22(40)17(7-34)50-30/h2-6,9,17-18,21-23,25-37,39-47H,7-8H2,1H3/t9-,17+,18+,21-,22+,23+,25+,26-,27-,28+,29+,30-,31+,32-,33+/m0/s1. The molecule has 20 heteroatoms.